The van der Waals surface area contributed by atoms with Crippen molar-refractivity contribution in [1.82, 2.24) is 0 Å². The van der Waals surface area contributed by atoms with Gasteiger partial charge in [0, 0.05) is 16.7 Å². The zero-order valence-corrected chi connectivity index (χ0v) is 18.3. The number of rotatable bonds is 6. The van der Waals surface area contributed by atoms with Crippen molar-refractivity contribution in [2.45, 2.75) is 24.6 Å². The molecule has 16 heteroatoms. The van der Waals surface area contributed by atoms with E-state index in [1.807, 2.05) is 0 Å². The molecule has 0 N–H and O–H groups in total. The molecule has 3 aromatic rings. The second-order valence-corrected chi connectivity index (χ2v) is 7.84. The van der Waals surface area contributed by atoms with Gasteiger partial charge in [-0.3, -0.25) is 0 Å². The van der Waals surface area contributed by atoms with Gasteiger partial charge in [0.2, 0.25) is 17.5 Å². The van der Waals surface area contributed by atoms with Gasteiger partial charge in [-0.2, -0.15) is 0 Å². The van der Waals surface area contributed by atoms with Crippen LogP contribution in [0.4, 0.5) is 65.9 Å². The topological polar surface area (TPSA) is 0 Å². The molecular formula is C22H8BF15. The van der Waals surface area contributed by atoms with E-state index in [1.54, 1.807) is 0 Å². The van der Waals surface area contributed by atoms with Crippen molar-refractivity contribution in [3.63, 3.8) is 0 Å². The van der Waals surface area contributed by atoms with Gasteiger partial charge in [-0.05, 0) is 6.42 Å². The maximum absolute atomic E-state index is 15.0. The zero-order chi connectivity index (χ0) is 29.0. The van der Waals surface area contributed by atoms with Crippen LogP contribution in [0, 0.1) is 87.3 Å². The van der Waals surface area contributed by atoms with E-state index in [2.05, 4.69) is 0 Å². The average Bonchev–Trinajstić information content (AvgIpc) is 2.89. The van der Waals surface area contributed by atoms with Gasteiger partial charge in [0.05, 0.1) is 5.41 Å². The van der Waals surface area contributed by atoms with Crippen LogP contribution in [-0.2, 0) is 5.41 Å². The largest absolute Gasteiger partial charge is 0.203 e. The van der Waals surface area contributed by atoms with Gasteiger partial charge in [0.25, 0.3) is 0 Å². The smallest absolute Gasteiger partial charge is 0.200 e. The maximum atomic E-state index is 15.0. The van der Waals surface area contributed by atoms with Gasteiger partial charge in [-0.25, -0.2) is 65.9 Å². The third-order valence-electron chi connectivity index (χ3n) is 5.82. The van der Waals surface area contributed by atoms with E-state index in [0.717, 1.165) is 0 Å². The van der Waals surface area contributed by atoms with Crippen molar-refractivity contribution in [3.8, 4) is 0 Å². The van der Waals surface area contributed by atoms with Crippen LogP contribution in [0.15, 0.2) is 0 Å². The first-order chi connectivity index (χ1) is 17.6. The summed E-state index contributed by atoms with van der Waals surface area (Å²) in [6, 6.07) is 0. The van der Waals surface area contributed by atoms with Crippen LogP contribution < -0.4 is 0 Å². The van der Waals surface area contributed by atoms with E-state index < -0.39 is 122 Å². The summed E-state index contributed by atoms with van der Waals surface area (Å²) < 4.78 is 217. The minimum absolute atomic E-state index is 0.331. The molecule has 0 saturated carbocycles. The van der Waals surface area contributed by atoms with Crippen LogP contribution in [0.1, 0.15) is 29.5 Å². The van der Waals surface area contributed by atoms with E-state index in [9.17, 15) is 39.5 Å². The lowest BCUT2D eigenvalue weighted by molar-refractivity contribution is 0.310. The first-order valence-electron chi connectivity index (χ1n) is 10.1. The second-order valence-electron chi connectivity index (χ2n) is 7.84. The molecule has 0 aliphatic carbocycles. The van der Waals surface area contributed by atoms with Gasteiger partial charge >= 0.3 is 0 Å². The molecule has 0 spiro atoms. The lowest BCUT2D eigenvalue weighted by Crippen LogP contribution is -2.39. The fourth-order valence-corrected chi connectivity index (χ4v) is 4.13. The molecule has 0 heterocycles. The first-order valence-corrected chi connectivity index (χ1v) is 10.1. The van der Waals surface area contributed by atoms with E-state index in [1.165, 1.54) is 7.85 Å². The highest BCUT2D eigenvalue weighted by molar-refractivity contribution is 6.08. The molecule has 0 nitrogen and oxygen atoms in total. The highest BCUT2D eigenvalue weighted by Gasteiger charge is 2.53. The van der Waals surface area contributed by atoms with Crippen LogP contribution in [-0.4, -0.2) is 7.85 Å². The third kappa shape index (κ3) is 3.90. The van der Waals surface area contributed by atoms with Crippen LogP contribution >= 0.6 is 0 Å². The van der Waals surface area contributed by atoms with Crippen molar-refractivity contribution < 1.29 is 65.9 Å². The van der Waals surface area contributed by atoms with Crippen LogP contribution in [0.3, 0.4) is 0 Å². The molecular weight excluding hydrogens is 560 g/mol. The minimum atomic E-state index is -4.40. The van der Waals surface area contributed by atoms with Gasteiger partial charge in [-0.1, -0.05) is 12.7 Å². The Bertz CT molecular complexity index is 1210. The van der Waals surface area contributed by atoms with Crippen molar-refractivity contribution in [3.05, 3.63) is 104 Å². The third-order valence-corrected chi connectivity index (χ3v) is 5.82. The molecule has 0 fully saturated rings. The highest BCUT2D eigenvalue weighted by atomic mass is 19.2. The molecule has 204 valence electrons. The molecule has 0 bridgehead atoms. The minimum Gasteiger partial charge on any atom is -0.203 e. The Balaban J connectivity index is 2.86. The average molecular weight is 568 g/mol. The Morgan fingerprint density at radius 1 is 0.342 bits per heavy atom. The van der Waals surface area contributed by atoms with E-state index in [-0.39, 0.29) is 6.32 Å². The number of hydrogen-bond donors (Lipinski definition) is 0. The zero-order valence-electron chi connectivity index (χ0n) is 18.3. The molecule has 0 unspecified atom stereocenters. The van der Waals surface area contributed by atoms with Crippen molar-refractivity contribution in [2.75, 3.05) is 0 Å². The molecule has 38 heavy (non-hydrogen) atoms. The predicted molar refractivity (Wildman–Crippen MR) is 101 cm³/mol. The molecule has 3 rings (SSSR count). The fraction of sp³-hybridized carbons (Fsp3) is 0.182. The SMILES string of the molecule is BCCCC(c1c(F)c(F)c(F)c(F)c1F)(c1c(F)c(F)c(F)c(F)c1F)c1c(F)c(F)c(F)c(F)c1F. The predicted octanol–water partition coefficient (Wildman–Crippen LogP) is 6.94. The van der Waals surface area contributed by atoms with E-state index in [4.69, 9.17) is 0 Å². The molecule has 0 aromatic heterocycles. The second kappa shape index (κ2) is 10.1. The molecule has 0 aliphatic heterocycles. The molecule has 3 aromatic carbocycles. The summed E-state index contributed by atoms with van der Waals surface area (Å²) in [7, 11) is 1.17. The van der Waals surface area contributed by atoms with Crippen molar-refractivity contribution in [2.24, 2.45) is 0 Å². The lowest BCUT2D eigenvalue weighted by atomic mass is 9.64. The Kier molecular flexibility index (Phi) is 7.77. The van der Waals surface area contributed by atoms with Crippen LogP contribution in [0.2, 0.25) is 6.32 Å². The quantitative estimate of drug-likeness (QED) is 0.0995. The van der Waals surface area contributed by atoms with Gasteiger partial charge in [0.15, 0.2) is 69.8 Å². The molecule has 0 atom stereocenters. The summed E-state index contributed by atoms with van der Waals surface area (Å²) in [4.78, 5) is 0. The van der Waals surface area contributed by atoms with E-state index >= 15 is 26.3 Å². The lowest BCUT2D eigenvalue weighted by Gasteiger charge is -2.37. The first kappa shape index (κ1) is 29.2. The summed E-state index contributed by atoms with van der Waals surface area (Å²) in [6.45, 7) is 0. The number of benzene rings is 3. The number of hydrogen-bond acceptors (Lipinski definition) is 0. The van der Waals surface area contributed by atoms with Gasteiger partial charge in [-0.15, -0.1) is 0 Å². The number of halogens is 15. The fourth-order valence-electron chi connectivity index (χ4n) is 4.13. The van der Waals surface area contributed by atoms with Crippen LogP contribution in [0.25, 0.3) is 0 Å². The standard InChI is InChI=1S/C22H8BF15/c23-3-1-2-22(4-7(24)13(30)19(36)14(31)8(4)25,5-9(26)15(32)20(37)16(33)10(5)27)6-11(28)17(34)21(38)18(35)12(6)29/h1-3,23H2. The summed E-state index contributed by atoms with van der Waals surface area (Å²) >= 11 is 0. The summed E-state index contributed by atoms with van der Waals surface area (Å²) in [5, 5.41) is 0. The van der Waals surface area contributed by atoms with Gasteiger partial charge < -0.3 is 0 Å². The Hall–Kier alpha value is -3.33. The van der Waals surface area contributed by atoms with Crippen molar-refractivity contribution in [1.29, 1.82) is 0 Å². The molecule has 0 aliphatic rings. The Morgan fingerprint density at radius 3 is 0.711 bits per heavy atom. The summed E-state index contributed by atoms with van der Waals surface area (Å²) in [5.74, 6) is -45.0. The van der Waals surface area contributed by atoms with Crippen molar-refractivity contribution >= 4 is 7.85 Å². The van der Waals surface area contributed by atoms with Crippen LogP contribution in [0.5, 0.6) is 0 Å². The molecule has 0 amide bonds. The summed E-state index contributed by atoms with van der Waals surface area (Å²) in [5.41, 5.74) is -12.3. The Labute approximate surface area is 203 Å². The maximum Gasteiger partial charge on any atom is 0.200 e. The van der Waals surface area contributed by atoms with Gasteiger partial charge in [0.1, 0.15) is 7.85 Å². The monoisotopic (exact) mass is 568 g/mol. The molecule has 0 saturated heterocycles. The van der Waals surface area contributed by atoms with E-state index in [0.29, 0.717) is 0 Å². The normalized spacial score (nSPS) is 12.0. The summed E-state index contributed by atoms with van der Waals surface area (Å²) in [6.07, 6.45) is -2.83. The Morgan fingerprint density at radius 2 is 0.526 bits per heavy atom. The molecule has 0 radical (unpaired) electrons. The highest BCUT2D eigenvalue weighted by Crippen LogP contribution is 2.51.